The number of ether oxygens (including phenoxy) is 2. The van der Waals surface area contributed by atoms with Crippen molar-refractivity contribution in [3.05, 3.63) is 63.7 Å². The van der Waals surface area contributed by atoms with Crippen LogP contribution in [0.25, 0.3) is 6.08 Å². The van der Waals surface area contributed by atoms with Crippen LogP contribution in [0, 0.1) is 0 Å². The van der Waals surface area contributed by atoms with Crippen molar-refractivity contribution in [1.82, 2.24) is 0 Å². The summed E-state index contributed by atoms with van der Waals surface area (Å²) in [5, 5.41) is 0.649. The van der Waals surface area contributed by atoms with Crippen molar-refractivity contribution in [2.45, 2.75) is 6.42 Å². The average Bonchev–Trinajstić information content (AvgIpc) is 2.85. The van der Waals surface area contributed by atoms with Crippen molar-refractivity contribution >= 4 is 23.5 Å². The van der Waals surface area contributed by atoms with Gasteiger partial charge in [-0.1, -0.05) is 29.8 Å². The van der Waals surface area contributed by atoms with E-state index < -0.39 is 0 Å². The van der Waals surface area contributed by atoms with Crippen molar-refractivity contribution in [1.29, 1.82) is 0 Å². The van der Waals surface area contributed by atoms with Crippen LogP contribution in [-0.2, 0) is 6.42 Å². The van der Waals surface area contributed by atoms with Gasteiger partial charge in [0.05, 0.1) is 0 Å². The van der Waals surface area contributed by atoms with Gasteiger partial charge in [-0.15, -0.1) is 0 Å². The van der Waals surface area contributed by atoms with E-state index in [1.54, 1.807) is 0 Å². The van der Waals surface area contributed by atoms with Crippen LogP contribution in [0.3, 0.4) is 0 Å². The number of benzene rings is 2. The summed E-state index contributed by atoms with van der Waals surface area (Å²) >= 11 is 6.18. The van der Waals surface area contributed by atoms with Gasteiger partial charge in [0.25, 0.3) is 0 Å². The maximum atomic E-state index is 12.5. The summed E-state index contributed by atoms with van der Waals surface area (Å²) < 4.78 is 11.1. The highest BCUT2D eigenvalue weighted by Gasteiger charge is 2.26. The van der Waals surface area contributed by atoms with E-state index in [-0.39, 0.29) is 5.78 Å². The molecule has 4 rings (SSSR count). The molecule has 0 radical (unpaired) electrons. The normalized spacial score (nSPS) is 17.7. The molecule has 0 N–H and O–H groups in total. The minimum Gasteiger partial charge on any atom is -0.486 e. The molecule has 0 aromatic heterocycles. The zero-order valence-electron chi connectivity index (χ0n) is 11.8. The largest absolute Gasteiger partial charge is 0.486 e. The molecule has 0 bridgehead atoms. The minimum absolute atomic E-state index is 0.0485. The Hall–Kier alpha value is -2.26. The number of ketones is 1. The third kappa shape index (κ3) is 2.18. The Morgan fingerprint density at radius 2 is 1.86 bits per heavy atom. The number of carbonyl (C=O) groups excluding carboxylic acids is 1. The van der Waals surface area contributed by atoms with E-state index in [4.69, 9.17) is 21.1 Å². The van der Waals surface area contributed by atoms with E-state index in [1.807, 2.05) is 42.5 Å². The topological polar surface area (TPSA) is 35.5 Å². The zero-order valence-corrected chi connectivity index (χ0v) is 12.5. The monoisotopic (exact) mass is 312 g/mol. The molecule has 1 aliphatic heterocycles. The molecule has 1 aliphatic carbocycles. The molecular weight excluding hydrogens is 300 g/mol. The Kier molecular flexibility index (Phi) is 3.16. The number of halogens is 1. The number of hydrogen-bond acceptors (Lipinski definition) is 3. The van der Waals surface area contributed by atoms with Gasteiger partial charge in [-0.3, -0.25) is 4.79 Å². The first-order chi connectivity index (χ1) is 10.7. The highest BCUT2D eigenvalue weighted by atomic mass is 35.5. The highest BCUT2D eigenvalue weighted by Crippen LogP contribution is 2.35. The molecule has 2 aromatic rings. The quantitative estimate of drug-likeness (QED) is 0.748. The Morgan fingerprint density at radius 3 is 2.68 bits per heavy atom. The van der Waals surface area contributed by atoms with E-state index in [1.165, 1.54) is 0 Å². The molecule has 4 heteroatoms. The van der Waals surface area contributed by atoms with E-state index in [2.05, 4.69) is 0 Å². The molecule has 0 saturated carbocycles. The summed E-state index contributed by atoms with van der Waals surface area (Å²) in [6.45, 7) is 1.12. The Labute approximate surface area is 133 Å². The number of fused-ring (bicyclic) bond motifs is 2. The van der Waals surface area contributed by atoms with Crippen molar-refractivity contribution in [3.8, 4) is 11.5 Å². The average molecular weight is 313 g/mol. The van der Waals surface area contributed by atoms with E-state index >= 15 is 0 Å². The fourth-order valence-electron chi connectivity index (χ4n) is 2.86. The van der Waals surface area contributed by atoms with Crippen molar-refractivity contribution in [3.63, 3.8) is 0 Å². The van der Waals surface area contributed by atoms with Crippen LogP contribution in [0.15, 0.2) is 42.0 Å². The van der Waals surface area contributed by atoms with Gasteiger partial charge in [0, 0.05) is 22.6 Å². The zero-order chi connectivity index (χ0) is 15.1. The first-order valence-corrected chi connectivity index (χ1v) is 7.52. The summed E-state index contributed by atoms with van der Waals surface area (Å²) in [4.78, 5) is 12.5. The predicted molar refractivity (Wildman–Crippen MR) is 84.9 cm³/mol. The summed E-state index contributed by atoms with van der Waals surface area (Å²) in [6.07, 6.45) is 2.47. The second-order valence-corrected chi connectivity index (χ2v) is 5.75. The van der Waals surface area contributed by atoms with Gasteiger partial charge < -0.3 is 9.47 Å². The standard InChI is InChI=1S/C18H13ClO3/c19-15-3-1-2-13-14(15)10-12(18(13)20)8-11-4-5-16-17(9-11)22-7-6-21-16/h1-5,8-9H,6-7,10H2/b12-8-. The molecule has 1 heterocycles. The van der Waals surface area contributed by atoms with E-state index in [0.29, 0.717) is 30.2 Å². The smallest absolute Gasteiger partial charge is 0.189 e. The molecule has 110 valence electrons. The second-order valence-electron chi connectivity index (χ2n) is 5.34. The molecule has 2 aromatic carbocycles. The number of hydrogen-bond donors (Lipinski definition) is 0. The number of carbonyl (C=O) groups is 1. The number of allylic oxidation sites excluding steroid dienone is 1. The van der Waals surface area contributed by atoms with Crippen LogP contribution in [0.5, 0.6) is 11.5 Å². The Bertz CT molecular complexity index is 808. The van der Waals surface area contributed by atoms with Gasteiger partial charge >= 0.3 is 0 Å². The Balaban J connectivity index is 1.70. The maximum absolute atomic E-state index is 12.5. The van der Waals surface area contributed by atoms with Crippen LogP contribution >= 0.6 is 11.6 Å². The summed E-state index contributed by atoms with van der Waals surface area (Å²) in [5.74, 6) is 1.52. The molecule has 2 aliphatic rings. The number of Topliss-reactive ketones (excluding diaryl/α,β-unsaturated/α-hetero) is 1. The summed E-state index contributed by atoms with van der Waals surface area (Å²) in [7, 11) is 0. The molecule has 0 atom stereocenters. The lowest BCUT2D eigenvalue weighted by Gasteiger charge is -2.18. The third-order valence-electron chi connectivity index (χ3n) is 3.93. The molecular formula is C18H13ClO3. The number of rotatable bonds is 1. The molecule has 3 nitrogen and oxygen atoms in total. The van der Waals surface area contributed by atoms with Crippen LogP contribution in [-0.4, -0.2) is 19.0 Å². The Morgan fingerprint density at radius 1 is 1.05 bits per heavy atom. The molecule has 0 unspecified atom stereocenters. The first-order valence-electron chi connectivity index (χ1n) is 7.15. The fourth-order valence-corrected chi connectivity index (χ4v) is 3.10. The predicted octanol–water partition coefficient (Wildman–Crippen LogP) is 3.93. The van der Waals surface area contributed by atoms with E-state index in [0.717, 1.165) is 28.2 Å². The molecule has 22 heavy (non-hydrogen) atoms. The van der Waals surface area contributed by atoms with Crippen LogP contribution in [0.2, 0.25) is 5.02 Å². The minimum atomic E-state index is 0.0485. The van der Waals surface area contributed by atoms with Crippen molar-refractivity contribution in [2.75, 3.05) is 13.2 Å². The summed E-state index contributed by atoms with van der Waals surface area (Å²) in [6, 6.07) is 11.2. The first kappa shape index (κ1) is 13.4. The van der Waals surface area contributed by atoms with Gasteiger partial charge in [0.15, 0.2) is 17.3 Å². The lowest BCUT2D eigenvalue weighted by Crippen LogP contribution is -2.15. The lowest BCUT2D eigenvalue weighted by atomic mass is 10.1. The van der Waals surface area contributed by atoms with Gasteiger partial charge in [-0.2, -0.15) is 0 Å². The highest BCUT2D eigenvalue weighted by molar-refractivity contribution is 6.33. The van der Waals surface area contributed by atoms with Gasteiger partial charge in [0.2, 0.25) is 0 Å². The molecule has 0 amide bonds. The lowest BCUT2D eigenvalue weighted by molar-refractivity contribution is 0.104. The SMILES string of the molecule is O=C1/C(=C\c2ccc3c(c2)OCCO3)Cc2c(Cl)cccc21. The van der Waals surface area contributed by atoms with Crippen molar-refractivity contribution < 1.29 is 14.3 Å². The molecule has 0 fully saturated rings. The maximum Gasteiger partial charge on any atom is 0.189 e. The van der Waals surface area contributed by atoms with Gasteiger partial charge in [0.1, 0.15) is 13.2 Å². The van der Waals surface area contributed by atoms with Gasteiger partial charge in [-0.05, 0) is 35.4 Å². The second kappa shape index (κ2) is 5.18. The summed E-state index contributed by atoms with van der Waals surface area (Å²) in [5.41, 5.74) is 3.30. The van der Waals surface area contributed by atoms with Gasteiger partial charge in [-0.25, -0.2) is 0 Å². The van der Waals surface area contributed by atoms with Crippen LogP contribution in [0.4, 0.5) is 0 Å². The van der Waals surface area contributed by atoms with Crippen molar-refractivity contribution in [2.24, 2.45) is 0 Å². The molecule has 0 saturated heterocycles. The van der Waals surface area contributed by atoms with Crippen LogP contribution < -0.4 is 9.47 Å². The van der Waals surface area contributed by atoms with E-state index in [9.17, 15) is 4.79 Å². The van der Waals surface area contributed by atoms with Crippen LogP contribution in [0.1, 0.15) is 21.5 Å². The third-order valence-corrected chi connectivity index (χ3v) is 4.28. The fraction of sp³-hybridized carbons (Fsp3) is 0.167. The molecule has 0 spiro atoms.